The molecule has 7 nitrogen and oxygen atoms in total. The second-order valence-electron chi connectivity index (χ2n) is 5.68. The third-order valence-electron chi connectivity index (χ3n) is 3.09. The second-order valence-corrected chi connectivity index (χ2v) is 8.38. The first-order valence-electron chi connectivity index (χ1n) is 7.09. The minimum Gasteiger partial charge on any atom is -0.449 e. The molecule has 1 amide bonds. The molecule has 0 fully saturated rings. The van der Waals surface area contributed by atoms with Crippen molar-refractivity contribution < 1.29 is 22.7 Å². The topological polar surface area (TPSA) is 107 Å². The summed E-state index contributed by atoms with van der Waals surface area (Å²) in [5.74, 6) is -1.06. The van der Waals surface area contributed by atoms with E-state index in [1.165, 1.54) is 12.3 Å². The van der Waals surface area contributed by atoms with Crippen molar-refractivity contribution in [3.05, 3.63) is 17.0 Å². The first-order chi connectivity index (χ1) is 10.4. The molecule has 0 bridgehead atoms. The Bertz CT molecular complexity index is 671. The largest absolute Gasteiger partial charge is 0.449 e. The molecule has 1 heterocycles. The van der Waals surface area contributed by atoms with Crippen LogP contribution in [0.5, 0.6) is 0 Å². The Hall–Kier alpha value is -1.45. The van der Waals surface area contributed by atoms with Crippen molar-refractivity contribution in [1.29, 1.82) is 0 Å². The van der Waals surface area contributed by atoms with E-state index in [1.54, 1.807) is 4.90 Å². The molecule has 0 saturated heterocycles. The van der Waals surface area contributed by atoms with Crippen molar-refractivity contribution in [2.45, 2.75) is 57.0 Å². The van der Waals surface area contributed by atoms with Crippen LogP contribution in [0.2, 0.25) is 0 Å². The maximum atomic E-state index is 12.4. The minimum absolute atomic E-state index is 0.0289. The van der Waals surface area contributed by atoms with Crippen LogP contribution in [0, 0.1) is 0 Å². The highest BCUT2D eigenvalue weighted by atomic mass is 32.2. The van der Waals surface area contributed by atoms with Gasteiger partial charge in [-0.1, -0.05) is 0 Å². The molecule has 9 heteroatoms. The molecule has 1 atom stereocenters. The number of hydrogen-bond acceptors (Lipinski definition) is 6. The van der Waals surface area contributed by atoms with Crippen LogP contribution in [0.3, 0.4) is 0 Å². The summed E-state index contributed by atoms with van der Waals surface area (Å²) in [6.45, 7) is 9.01. The van der Waals surface area contributed by atoms with Crippen molar-refractivity contribution in [2.24, 2.45) is 5.14 Å². The number of ether oxygens (including phenoxy) is 1. The summed E-state index contributed by atoms with van der Waals surface area (Å²) >= 11 is 0.827. The van der Waals surface area contributed by atoms with Crippen molar-refractivity contribution in [3.8, 4) is 0 Å². The van der Waals surface area contributed by atoms with Gasteiger partial charge in [0.05, 0.1) is 5.56 Å². The molecule has 2 N–H and O–H groups in total. The van der Waals surface area contributed by atoms with Gasteiger partial charge >= 0.3 is 5.97 Å². The fourth-order valence-electron chi connectivity index (χ4n) is 2.17. The van der Waals surface area contributed by atoms with Crippen LogP contribution in [-0.2, 0) is 19.6 Å². The van der Waals surface area contributed by atoms with E-state index in [4.69, 9.17) is 9.88 Å². The average Bonchev–Trinajstić information content (AvgIpc) is 2.86. The Morgan fingerprint density at radius 2 is 1.70 bits per heavy atom. The van der Waals surface area contributed by atoms with Crippen LogP contribution < -0.4 is 5.14 Å². The molecule has 1 rings (SSSR count). The second kappa shape index (κ2) is 7.41. The lowest BCUT2D eigenvalue weighted by Crippen LogP contribution is -2.47. The monoisotopic (exact) mass is 362 g/mol. The predicted octanol–water partition coefficient (Wildman–Crippen LogP) is 1.59. The zero-order chi connectivity index (χ0) is 17.9. The Morgan fingerprint density at radius 1 is 1.17 bits per heavy atom. The van der Waals surface area contributed by atoms with E-state index < -0.39 is 22.1 Å². The highest BCUT2D eigenvalue weighted by Crippen LogP contribution is 2.20. The molecule has 1 aromatic rings. The Balaban J connectivity index is 2.84. The minimum atomic E-state index is -3.86. The fraction of sp³-hybridized carbons (Fsp3) is 0.571. The van der Waals surface area contributed by atoms with Gasteiger partial charge in [-0.3, -0.25) is 4.79 Å². The number of nitrogens with two attached hydrogens (primary N) is 1. The van der Waals surface area contributed by atoms with Crippen molar-refractivity contribution in [3.63, 3.8) is 0 Å². The Kier molecular flexibility index (Phi) is 6.32. The lowest BCUT2D eigenvalue weighted by molar-refractivity contribution is -0.143. The van der Waals surface area contributed by atoms with Crippen molar-refractivity contribution in [1.82, 2.24) is 4.90 Å². The van der Waals surface area contributed by atoms with Crippen LogP contribution in [0.1, 0.15) is 45.0 Å². The molecule has 0 radical (unpaired) electrons. The van der Waals surface area contributed by atoms with Crippen LogP contribution in [0.25, 0.3) is 0 Å². The maximum absolute atomic E-state index is 12.4. The van der Waals surface area contributed by atoms with Gasteiger partial charge in [0.2, 0.25) is 10.0 Å². The third kappa shape index (κ3) is 5.02. The van der Waals surface area contributed by atoms with Crippen LogP contribution in [-0.4, -0.2) is 43.4 Å². The van der Waals surface area contributed by atoms with Gasteiger partial charge in [0.1, 0.15) is 4.21 Å². The number of carbonyl (C=O) groups excluding carboxylic acids is 2. The van der Waals surface area contributed by atoms with E-state index in [9.17, 15) is 18.0 Å². The fourth-order valence-corrected chi connectivity index (χ4v) is 3.74. The summed E-state index contributed by atoms with van der Waals surface area (Å²) in [7, 11) is -3.86. The molecule has 0 aliphatic heterocycles. The Morgan fingerprint density at radius 3 is 2.09 bits per heavy atom. The first-order valence-corrected chi connectivity index (χ1v) is 9.52. The van der Waals surface area contributed by atoms with Crippen LogP contribution in [0.4, 0.5) is 0 Å². The standard InChI is InChI=1S/C14H22N2O5S2/c1-8(2)16(9(3)4)13(17)10(5)21-14(18)11-6-12(22-7-11)23(15,19)20/h6-10H,1-5H3,(H2,15,19,20)/t10-/m1/s1. The van der Waals surface area contributed by atoms with Gasteiger partial charge < -0.3 is 9.64 Å². The molecule has 0 unspecified atom stereocenters. The van der Waals surface area contributed by atoms with E-state index in [-0.39, 0.29) is 27.8 Å². The molecule has 0 saturated carbocycles. The number of thiophene rings is 1. The average molecular weight is 362 g/mol. The number of rotatable bonds is 6. The predicted molar refractivity (Wildman–Crippen MR) is 87.7 cm³/mol. The molecule has 0 spiro atoms. The molecule has 0 aromatic carbocycles. The van der Waals surface area contributed by atoms with Gasteiger partial charge in [0, 0.05) is 17.5 Å². The number of hydrogen-bond donors (Lipinski definition) is 1. The van der Waals surface area contributed by atoms with Gasteiger partial charge in [0.25, 0.3) is 5.91 Å². The lowest BCUT2D eigenvalue weighted by atomic mass is 10.2. The van der Waals surface area contributed by atoms with Gasteiger partial charge in [0.15, 0.2) is 6.10 Å². The number of amides is 1. The molecular weight excluding hydrogens is 340 g/mol. The molecule has 130 valence electrons. The third-order valence-corrected chi connectivity index (χ3v) is 5.48. The summed E-state index contributed by atoms with van der Waals surface area (Å²) in [5.41, 5.74) is 0.0549. The summed E-state index contributed by atoms with van der Waals surface area (Å²) in [4.78, 5) is 26.1. The summed E-state index contributed by atoms with van der Waals surface area (Å²) < 4.78 is 27.4. The SMILES string of the molecule is CC(C)N(C(=O)[C@@H](C)OC(=O)c1csc(S(N)(=O)=O)c1)C(C)C. The number of carbonyl (C=O) groups is 2. The highest BCUT2D eigenvalue weighted by Gasteiger charge is 2.28. The molecular formula is C14H22N2O5S2. The highest BCUT2D eigenvalue weighted by molar-refractivity contribution is 7.91. The first kappa shape index (κ1) is 19.6. The normalized spacial score (nSPS) is 13.2. The van der Waals surface area contributed by atoms with Crippen LogP contribution in [0.15, 0.2) is 15.7 Å². The summed E-state index contributed by atoms with van der Waals surface area (Å²) in [6.07, 6.45) is -0.967. The van der Waals surface area contributed by atoms with E-state index in [0.717, 1.165) is 17.4 Å². The van der Waals surface area contributed by atoms with E-state index >= 15 is 0 Å². The van der Waals surface area contributed by atoms with E-state index in [1.807, 2.05) is 27.7 Å². The molecule has 23 heavy (non-hydrogen) atoms. The Labute approximate surface area is 140 Å². The van der Waals surface area contributed by atoms with Crippen molar-refractivity contribution >= 4 is 33.2 Å². The van der Waals surface area contributed by atoms with E-state index in [0.29, 0.717) is 0 Å². The number of primary sulfonamides is 1. The quantitative estimate of drug-likeness (QED) is 0.773. The van der Waals surface area contributed by atoms with Gasteiger partial charge in [-0.05, 0) is 40.7 Å². The smallest absolute Gasteiger partial charge is 0.339 e. The zero-order valence-electron chi connectivity index (χ0n) is 13.8. The zero-order valence-corrected chi connectivity index (χ0v) is 15.4. The van der Waals surface area contributed by atoms with E-state index in [2.05, 4.69) is 0 Å². The van der Waals surface area contributed by atoms with Gasteiger partial charge in [-0.25, -0.2) is 18.4 Å². The molecule has 0 aliphatic rings. The number of sulfonamides is 1. The summed E-state index contributed by atoms with van der Waals surface area (Å²) in [6, 6.07) is 1.08. The molecule has 0 aliphatic carbocycles. The van der Waals surface area contributed by atoms with Crippen LogP contribution >= 0.6 is 11.3 Å². The maximum Gasteiger partial charge on any atom is 0.339 e. The number of nitrogens with zero attached hydrogens (tertiary/aromatic N) is 1. The van der Waals surface area contributed by atoms with Gasteiger partial charge in [-0.2, -0.15) is 0 Å². The van der Waals surface area contributed by atoms with Gasteiger partial charge in [-0.15, -0.1) is 11.3 Å². The molecule has 1 aromatic heterocycles. The van der Waals surface area contributed by atoms with Crippen molar-refractivity contribution in [2.75, 3.05) is 0 Å². The summed E-state index contributed by atoms with van der Waals surface area (Å²) in [5, 5.41) is 6.33. The number of esters is 1. The lowest BCUT2D eigenvalue weighted by Gasteiger charge is -2.32.